The van der Waals surface area contributed by atoms with E-state index in [0.717, 1.165) is 42.6 Å². The molecule has 11 heteroatoms. The Labute approximate surface area is 274 Å². The van der Waals surface area contributed by atoms with E-state index in [-0.39, 0.29) is 62.6 Å². The van der Waals surface area contributed by atoms with E-state index in [1.54, 1.807) is 56.2 Å². The van der Waals surface area contributed by atoms with Gasteiger partial charge in [0.25, 0.3) is 5.91 Å². The molecule has 2 N–H and O–H groups in total. The third-order valence-corrected chi connectivity index (χ3v) is 8.97. The predicted octanol–water partition coefficient (Wildman–Crippen LogP) is 3.36. The van der Waals surface area contributed by atoms with Gasteiger partial charge in [0.1, 0.15) is 18.0 Å². The summed E-state index contributed by atoms with van der Waals surface area (Å²) in [5, 5.41) is 16.1. The second-order valence-corrected chi connectivity index (χ2v) is 12.2. The first kappa shape index (κ1) is 31.8. The van der Waals surface area contributed by atoms with E-state index in [2.05, 4.69) is 11.9 Å². The Hall–Kier alpha value is -5.16. The number of rotatable bonds is 9. The smallest absolute Gasteiger partial charge is 0.334 e. The molecule has 3 fully saturated rings. The minimum atomic E-state index is -0.893. The lowest BCUT2D eigenvalue weighted by atomic mass is 9.98. The molecule has 3 heterocycles. The molecule has 2 atom stereocenters. The Kier molecular flexibility index (Phi) is 9.53. The van der Waals surface area contributed by atoms with E-state index < -0.39 is 18.2 Å². The molecule has 0 radical (unpaired) electrons. The number of phenolic OH excluding ortho intramolecular Hbond substituents is 1. The average Bonchev–Trinajstić information content (AvgIpc) is 3.62. The molecule has 3 aliphatic heterocycles. The van der Waals surface area contributed by atoms with Gasteiger partial charge in [0.05, 0.1) is 13.1 Å². The molecule has 5 amide bonds. The maximum atomic E-state index is 14.3. The van der Waals surface area contributed by atoms with Gasteiger partial charge in [0.2, 0.25) is 11.8 Å². The second kappa shape index (κ2) is 14.1. The summed E-state index contributed by atoms with van der Waals surface area (Å²) in [7, 11) is 0. The van der Waals surface area contributed by atoms with Gasteiger partial charge in [-0.15, -0.1) is 6.58 Å². The highest BCUT2D eigenvalue weighted by molar-refractivity contribution is 5.95. The number of nitrogens with zero attached hydrogens (tertiary/aromatic N) is 5. The molecule has 3 aromatic carbocycles. The van der Waals surface area contributed by atoms with Crippen molar-refractivity contribution in [1.29, 1.82) is 0 Å². The lowest BCUT2D eigenvalue weighted by molar-refractivity contribution is -0.189. The predicted molar refractivity (Wildman–Crippen MR) is 176 cm³/mol. The van der Waals surface area contributed by atoms with E-state index in [1.165, 1.54) is 0 Å². The van der Waals surface area contributed by atoms with E-state index in [4.69, 9.17) is 0 Å². The maximum absolute atomic E-state index is 14.3. The molecule has 6 rings (SSSR count). The number of hydrogen-bond acceptors (Lipinski definition) is 6. The highest BCUT2D eigenvalue weighted by Gasteiger charge is 2.51. The number of amides is 5. The zero-order valence-corrected chi connectivity index (χ0v) is 26.3. The van der Waals surface area contributed by atoms with Crippen LogP contribution in [0.3, 0.4) is 0 Å². The Morgan fingerprint density at radius 1 is 0.915 bits per heavy atom. The van der Waals surface area contributed by atoms with Crippen LogP contribution in [0, 0.1) is 0 Å². The lowest BCUT2D eigenvalue weighted by Crippen LogP contribution is -2.76. The van der Waals surface area contributed by atoms with Crippen LogP contribution in [-0.4, -0.2) is 98.5 Å². The summed E-state index contributed by atoms with van der Waals surface area (Å²) >= 11 is 0. The van der Waals surface area contributed by atoms with Crippen molar-refractivity contribution in [2.45, 2.75) is 44.6 Å². The van der Waals surface area contributed by atoms with Crippen molar-refractivity contribution < 1.29 is 24.3 Å². The average molecular weight is 637 g/mol. The second-order valence-electron chi connectivity index (χ2n) is 12.2. The molecule has 3 saturated heterocycles. The monoisotopic (exact) mass is 636 g/mol. The van der Waals surface area contributed by atoms with Crippen molar-refractivity contribution in [3.63, 3.8) is 0 Å². The molecule has 0 unspecified atom stereocenters. The normalized spacial score (nSPS) is 19.9. The van der Waals surface area contributed by atoms with Crippen molar-refractivity contribution >= 4 is 23.8 Å². The summed E-state index contributed by atoms with van der Waals surface area (Å²) in [4.78, 5) is 60.3. The summed E-state index contributed by atoms with van der Waals surface area (Å²) in [5.41, 5.74) is 3.05. The summed E-state index contributed by atoms with van der Waals surface area (Å²) in [5.74, 6) is -0.438. The van der Waals surface area contributed by atoms with Gasteiger partial charge in [0.15, 0.2) is 0 Å². The number of piperazine rings is 1. The number of phenols is 1. The van der Waals surface area contributed by atoms with Crippen molar-refractivity contribution in [1.82, 2.24) is 30.0 Å². The Morgan fingerprint density at radius 2 is 1.64 bits per heavy atom. The molecule has 3 aromatic rings. The number of fused-ring (bicyclic) bond motifs is 1. The van der Waals surface area contributed by atoms with Gasteiger partial charge >= 0.3 is 6.03 Å². The number of likely N-dealkylation sites (tertiary alicyclic amines) is 1. The molecule has 0 aromatic heterocycles. The minimum absolute atomic E-state index is 0.0232. The van der Waals surface area contributed by atoms with E-state index in [0.29, 0.717) is 5.56 Å². The van der Waals surface area contributed by atoms with Gasteiger partial charge in [-0.2, -0.15) is 0 Å². The zero-order valence-electron chi connectivity index (χ0n) is 26.3. The van der Waals surface area contributed by atoms with Crippen LogP contribution in [0.2, 0.25) is 0 Å². The van der Waals surface area contributed by atoms with Crippen LogP contribution >= 0.6 is 0 Å². The molecule has 3 aliphatic rings. The van der Waals surface area contributed by atoms with Crippen LogP contribution in [0.25, 0.3) is 0 Å². The topological polar surface area (TPSA) is 117 Å². The van der Waals surface area contributed by atoms with Crippen molar-refractivity contribution in [3.8, 4) is 5.75 Å². The van der Waals surface area contributed by atoms with Crippen LogP contribution in [0.5, 0.6) is 5.75 Å². The maximum Gasteiger partial charge on any atom is 0.334 e. The Morgan fingerprint density at radius 3 is 2.36 bits per heavy atom. The SMILES string of the molecule is C=CCN1CC(=O)N2[C@@H](Cc3ccc(O)cc3)C(=O)N(Cc3cccc(C(=O)N4CCCC4)c3)C[C@@H]2N1C(=O)NCc1ccccc1. The van der Waals surface area contributed by atoms with E-state index in [9.17, 15) is 24.3 Å². The number of carbonyl (C=O) groups excluding carboxylic acids is 4. The summed E-state index contributed by atoms with van der Waals surface area (Å²) < 4.78 is 0. The van der Waals surface area contributed by atoms with E-state index >= 15 is 0 Å². The Balaban J connectivity index is 1.32. The molecule has 0 saturated carbocycles. The highest BCUT2D eigenvalue weighted by atomic mass is 16.3. The number of urea groups is 1. The summed E-state index contributed by atoms with van der Waals surface area (Å²) in [6, 6.07) is 22.2. The van der Waals surface area contributed by atoms with Gasteiger partial charge < -0.3 is 25.1 Å². The van der Waals surface area contributed by atoms with E-state index in [1.807, 2.05) is 53.4 Å². The van der Waals surface area contributed by atoms with Gasteiger partial charge in [-0.1, -0.05) is 60.7 Å². The minimum Gasteiger partial charge on any atom is -0.508 e. The zero-order chi connectivity index (χ0) is 32.9. The van der Waals surface area contributed by atoms with Crippen LogP contribution in [0.4, 0.5) is 4.79 Å². The number of hydrazine groups is 1. The van der Waals surface area contributed by atoms with Crippen molar-refractivity contribution in [2.24, 2.45) is 0 Å². The number of carbonyl (C=O) groups is 4. The fraction of sp³-hybridized carbons (Fsp3) is 0.333. The molecule has 11 nitrogen and oxygen atoms in total. The van der Waals surface area contributed by atoms with Crippen LogP contribution in [0.15, 0.2) is 91.5 Å². The first-order chi connectivity index (χ1) is 22.8. The number of hydrogen-bond donors (Lipinski definition) is 2. The fourth-order valence-corrected chi connectivity index (χ4v) is 6.68. The first-order valence-corrected chi connectivity index (χ1v) is 16.0. The summed E-state index contributed by atoms with van der Waals surface area (Å²) in [6.07, 6.45) is 3.03. The van der Waals surface area contributed by atoms with Crippen LogP contribution < -0.4 is 5.32 Å². The largest absolute Gasteiger partial charge is 0.508 e. The molecule has 0 spiro atoms. The molecule has 244 valence electrons. The van der Waals surface area contributed by atoms with Crippen LogP contribution in [0.1, 0.15) is 39.9 Å². The fourth-order valence-electron chi connectivity index (χ4n) is 6.68. The van der Waals surface area contributed by atoms with Crippen molar-refractivity contribution in [3.05, 3.63) is 114 Å². The standard InChI is InChI=1S/C36H40N6O5/c1-2-17-40-25-33(44)41-31(21-26-13-15-30(43)16-14-26)35(46)39(23-28-11-8-12-29(20-28)34(45)38-18-6-7-19-38)24-32(41)42(40)36(47)37-22-27-9-4-3-5-10-27/h2-5,8-16,20,31-32,43H,1,6-7,17-19,21-25H2,(H,37,47)/t31-,32-/m0/s1. The van der Waals surface area contributed by atoms with Gasteiger partial charge in [-0.05, 0) is 53.8 Å². The van der Waals surface area contributed by atoms with Gasteiger partial charge in [-0.25, -0.2) is 14.8 Å². The van der Waals surface area contributed by atoms with Crippen molar-refractivity contribution in [2.75, 3.05) is 32.7 Å². The van der Waals surface area contributed by atoms with Gasteiger partial charge in [0, 0.05) is 44.7 Å². The number of benzene rings is 3. The molecule has 0 aliphatic carbocycles. The Bertz CT molecular complexity index is 1620. The quantitative estimate of drug-likeness (QED) is 0.348. The lowest BCUT2D eigenvalue weighted by Gasteiger charge is -2.55. The first-order valence-electron chi connectivity index (χ1n) is 16.0. The molecule has 0 bridgehead atoms. The van der Waals surface area contributed by atoms with Gasteiger partial charge in [-0.3, -0.25) is 14.4 Å². The third kappa shape index (κ3) is 7.00. The third-order valence-electron chi connectivity index (χ3n) is 8.97. The number of aromatic hydroxyl groups is 1. The molecule has 47 heavy (non-hydrogen) atoms. The molecular weight excluding hydrogens is 596 g/mol. The number of nitrogens with one attached hydrogen (secondary N) is 1. The summed E-state index contributed by atoms with van der Waals surface area (Å²) in [6.45, 7) is 6.04. The van der Waals surface area contributed by atoms with Crippen LogP contribution in [-0.2, 0) is 29.1 Å². The highest BCUT2D eigenvalue weighted by Crippen LogP contribution is 2.30. The molecular formula is C36H40N6O5.